The fourth-order valence-corrected chi connectivity index (χ4v) is 1.90. The lowest BCUT2D eigenvalue weighted by Crippen LogP contribution is -2.15. The topological polar surface area (TPSA) is 12.0 Å². The Morgan fingerprint density at radius 2 is 2.08 bits per heavy atom. The van der Waals surface area contributed by atoms with Gasteiger partial charge in [-0.3, -0.25) is 0 Å². The molecule has 1 rings (SSSR count). The van der Waals surface area contributed by atoms with Crippen LogP contribution in [0.2, 0.25) is 10.0 Å². The van der Waals surface area contributed by atoms with Crippen LogP contribution >= 0.6 is 23.2 Å². The van der Waals surface area contributed by atoms with Crippen molar-refractivity contribution in [3.05, 3.63) is 33.8 Å². The van der Waals surface area contributed by atoms with Crippen LogP contribution in [0.25, 0.3) is 0 Å². The van der Waals surface area contributed by atoms with Gasteiger partial charge in [0.05, 0.1) is 0 Å². The Morgan fingerprint density at radius 1 is 1.38 bits per heavy atom. The first-order chi connectivity index (χ1) is 6.19. The maximum atomic E-state index is 6.06. The molecule has 0 saturated heterocycles. The SMILES string of the molecule is CCC(NC)c1ccc(Cl)cc1Cl. The summed E-state index contributed by atoms with van der Waals surface area (Å²) in [6, 6.07) is 5.92. The number of hydrogen-bond acceptors (Lipinski definition) is 1. The monoisotopic (exact) mass is 217 g/mol. The Hall–Kier alpha value is -0.240. The Morgan fingerprint density at radius 3 is 2.54 bits per heavy atom. The van der Waals surface area contributed by atoms with Gasteiger partial charge in [0.25, 0.3) is 0 Å². The first-order valence-corrected chi connectivity index (χ1v) is 5.06. The number of benzene rings is 1. The zero-order chi connectivity index (χ0) is 9.84. The van der Waals surface area contributed by atoms with Crippen molar-refractivity contribution >= 4 is 23.2 Å². The van der Waals surface area contributed by atoms with Crippen molar-refractivity contribution in [1.29, 1.82) is 0 Å². The highest BCUT2D eigenvalue weighted by Gasteiger charge is 2.10. The maximum Gasteiger partial charge on any atom is 0.0468 e. The fourth-order valence-electron chi connectivity index (χ4n) is 1.36. The van der Waals surface area contributed by atoms with Crippen molar-refractivity contribution in [2.24, 2.45) is 0 Å². The predicted octanol–water partition coefficient (Wildman–Crippen LogP) is 3.66. The summed E-state index contributed by atoms with van der Waals surface area (Å²) in [7, 11) is 1.93. The lowest BCUT2D eigenvalue weighted by Gasteiger charge is -2.15. The second-order valence-corrected chi connectivity index (χ2v) is 3.76. The normalized spacial score (nSPS) is 12.9. The molecule has 3 heteroatoms. The predicted molar refractivity (Wildman–Crippen MR) is 58.6 cm³/mol. The fraction of sp³-hybridized carbons (Fsp3) is 0.400. The van der Waals surface area contributed by atoms with Gasteiger partial charge in [0, 0.05) is 16.1 Å². The van der Waals surface area contributed by atoms with Crippen molar-refractivity contribution in [2.45, 2.75) is 19.4 Å². The summed E-state index contributed by atoms with van der Waals surface area (Å²) in [4.78, 5) is 0. The molecule has 0 aromatic heterocycles. The van der Waals surface area contributed by atoms with Crippen LogP contribution in [0.4, 0.5) is 0 Å². The van der Waals surface area contributed by atoms with E-state index >= 15 is 0 Å². The van der Waals surface area contributed by atoms with Crippen molar-refractivity contribution in [3.8, 4) is 0 Å². The molecule has 0 aliphatic rings. The van der Waals surface area contributed by atoms with Gasteiger partial charge in [0.2, 0.25) is 0 Å². The second kappa shape index (κ2) is 4.85. The molecule has 0 radical (unpaired) electrons. The number of halogens is 2. The Bertz CT molecular complexity index is 282. The third-order valence-corrected chi connectivity index (χ3v) is 2.66. The van der Waals surface area contributed by atoms with E-state index in [9.17, 15) is 0 Å². The van der Waals surface area contributed by atoms with Gasteiger partial charge in [-0.05, 0) is 31.2 Å². The Labute approximate surface area is 89.0 Å². The molecule has 0 spiro atoms. The van der Waals surface area contributed by atoms with Crippen LogP contribution in [0, 0.1) is 0 Å². The summed E-state index contributed by atoms with van der Waals surface area (Å²) in [5.41, 5.74) is 1.11. The zero-order valence-corrected chi connectivity index (χ0v) is 9.28. The molecular formula is C10H13Cl2N. The van der Waals surface area contributed by atoms with E-state index in [1.807, 2.05) is 19.2 Å². The van der Waals surface area contributed by atoms with Crippen molar-refractivity contribution in [2.75, 3.05) is 7.05 Å². The lowest BCUT2D eigenvalue weighted by molar-refractivity contribution is 0.577. The molecule has 1 atom stereocenters. The standard InChI is InChI=1S/C10H13Cl2N/c1-3-10(13-2)8-5-4-7(11)6-9(8)12/h4-6,10,13H,3H2,1-2H3. The van der Waals surface area contributed by atoms with Crippen molar-refractivity contribution < 1.29 is 0 Å². The minimum atomic E-state index is 0.310. The molecular weight excluding hydrogens is 205 g/mol. The molecule has 1 aromatic carbocycles. The van der Waals surface area contributed by atoms with E-state index in [1.165, 1.54) is 0 Å². The average molecular weight is 218 g/mol. The zero-order valence-electron chi connectivity index (χ0n) is 7.77. The average Bonchev–Trinajstić information content (AvgIpc) is 2.10. The molecule has 0 fully saturated rings. The smallest absolute Gasteiger partial charge is 0.0468 e. The summed E-state index contributed by atoms with van der Waals surface area (Å²) >= 11 is 11.9. The van der Waals surface area contributed by atoms with E-state index in [4.69, 9.17) is 23.2 Å². The third kappa shape index (κ3) is 2.60. The van der Waals surface area contributed by atoms with E-state index in [0.717, 1.165) is 17.0 Å². The van der Waals surface area contributed by atoms with Crippen molar-refractivity contribution in [1.82, 2.24) is 5.32 Å². The summed E-state index contributed by atoms with van der Waals surface area (Å²) in [5, 5.41) is 4.61. The van der Waals surface area contributed by atoms with Crippen LogP contribution in [-0.4, -0.2) is 7.05 Å². The molecule has 1 nitrogen and oxygen atoms in total. The minimum Gasteiger partial charge on any atom is -0.313 e. The molecule has 0 amide bonds. The molecule has 72 valence electrons. The van der Waals surface area contributed by atoms with Gasteiger partial charge < -0.3 is 5.32 Å². The highest BCUT2D eigenvalue weighted by Crippen LogP contribution is 2.27. The first kappa shape index (κ1) is 10.8. The van der Waals surface area contributed by atoms with Gasteiger partial charge in [0.15, 0.2) is 0 Å². The van der Waals surface area contributed by atoms with E-state index in [2.05, 4.69) is 12.2 Å². The highest BCUT2D eigenvalue weighted by molar-refractivity contribution is 6.35. The molecule has 13 heavy (non-hydrogen) atoms. The molecule has 0 saturated carbocycles. The van der Waals surface area contributed by atoms with Crippen LogP contribution in [0.15, 0.2) is 18.2 Å². The van der Waals surface area contributed by atoms with Gasteiger partial charge in [0.1, 0.15) is 0 Å². The van der Waals surface area contributed by atoms with Gasteiger partial charge in [-0.2, -0.15) is 0 Å². The molecule has 0 aliphatic heterocycles. The van der Waals surface area contributed by atoms with Gasteiger partial charge in [-0.15, -0.1) is 0 Å². The molecule has 0 heterocycles. The molecule has 1 N–H and O–H groups in total. The summed E-state index contributed by atoms with van der Waals surface area (Å²) in [6.45, 7) is 2.12. The second-order valence-electron chi connectivity index (χ2n) is 2.92. The maximum absolute atomic E-state index is 6.06. The summed E-state index contributed by atoms with van der Waals surface area (Å²) in [5.74, 6) is 0. The van der Waals surface area contributed by atoms with Crippen LogP contribution < -0.4 is 5.32 Å². The number of nitrogens with one attached hydrogen (secondary N) is 1. The van der Waals surface area contributed by atoms with Crippen LogP contribution in [0.3, 0.4) is 0 Å². The van der Waals surface area contributed by atoms with Crippen LogP contribution in [-0.2, 0) is 0 Å². The van der Waals surface area contributed by atoms with Gasteiger partial charge in [-0.1, -0.05) is 36.2 Å². The van der Waals surface area contributed by atoms with E-state index in [1.54, 1.807) is 6.07 Å². The van der Waals surface area contributed by atoms with Crippen LogP contribution in [0.5, 0.6) is 0 Å². The van der Waals surface area contributed by atoms with Gasteiger partial charge in [-0.25, -0.2) is 0 Å². The van der Waals surface area contributed by atoms with Crippen molar-refractivity contribution in [3.63, 3.8) is 0 Å². The molecule has 0 aliphatic carbocycles. The molecule has 1 aromatic rings. The van der Waals surface area contributed by atoms with E-state index in [-0.39, 0.29) is 0 Å². The first-order valence-electron chi connectivity index (χ1n) is 4.31. The Kier molecular flexibility index (Phi) is 4.04. The Balaban J connectivity index is 2.99. The van der Waals surface area contributed by atoms with E-state index < -0.39 is 0 Å². The largest absolute Gasteiger partial charge is 0.313 e. The van der Waals surface area contributed by atoms with E-state index in [0.29, 0.717) is 11.1 Å². The summed E-state index contributed by atoms with van der Waals surface area (Å²) in [6.07, 6.45) is 1.01. The third-order valence-electron chi connectivity index (χ3n) is 2.09. The highest BCUT2D eigenvalue weighted by atomic mass is 35.5. The minimum absolute atomic E-state index is 0.310. The summed E-state index contributed by atoms with van der Waals surface area (Å²) < 4.78 is 0. The van der Waals surface area contributed by atoms with Crippen LogP contribution in [0.1, 0.15) is 24.9 Å². The quantitative estimate of drug-likeness (QED) is 0.816. The molecule has 1 unspecified atom stereocenters. The number of rotatable bonds is 3. The lowest BCUT2D eigenvalue weighted by atomic mass is 10.1. The molecule has 0 bridgehead atoms. The van der Waals surface area contributed by atoms with Gasteiger partial charge >= 0.3 is 0 Å². The number of hydrogen-bond donors (Lipinski definition) is 1.